The van der Waals surface area contributed by atoms with Crippen LogP contribution in [0.15, 0.2) is 0 Å². The van der Waals surface area contributed by atoms with E-state index in [0.717, 1.165) is 51.4 Å². The highest BCUT2D eigenvalue weighted by Gasteiger charge is 2.28. The van der Waals surface area contributed by atoms with E-state index in [9.17, 15) is 13.2 Å². The second-order valence-electron chi connectivity index (χ2n) is 6.01. The van der Waals surface area contributed by atoms with Gasteiger partial charge in [-0.05, 0) is 31.6 Å². The molecule has 0 N–H and O–H groups in total. The van der Waals surface area contributed by atoms with Crippen molar-refractivity contribution in [3.8, 4) is 0 Å². The van der Waals surface area contributed by atoms with Crippen molar-refractivity contribution in [2.24, 2.45) is 11.8 Å². The molecule has 0 amide bonds. The van der Waals surface area contributed by atoms with Gasteiger partial charge in [-0.15, -0.1) is 0 Å². The SMILES string of the molecule is O=C(CS(=O)(=O)CC1CCCC1)C1CCCCC1. The first-order valence-corrected chi connectivity index (χ1v) is 9.12. The first kappa shape index (κ1) is 14.0. The lowest BCUT2D eigenvalue weighted by Crippen LogP contribution is -2.28. The van der Waals surface area contributed by atoms with Gasteiger partial charge in [-0.25, -0.2) is 8.42 Å². The Kier molecular flexibility index (Phi) is 4.82. The van der Waals surface area contributed by atoms with Crippen molar-refractivity contribution in [1.82, 2.24) is 0 Å². The summed E-state index contributed by atoms with van der Waals surface area (Å²) < 4.78 is 24.0. The smallest absolute Gasteiger partial charge is 0.157 e. The molecular formula is C14H24O3S. The number of rotatable bonds is 5. The van der Waals surface area contributed by atoms with Gasteiger partial charge in [-0.1, -0.05) is 32.1 Å². The summed E-state index contributed by atoms with van der Waals surface area (Å²) in [5, 5.41) is 0. The van der Waals surface area contributed by atoms with Crippen LogP contribution < -0.4 is 0 Å². The van der Waals surface area contributed by atoms with Gasteiger partial charge in [0.25, 0.3) is 0 Å². The number of hydrogen-bond acceptors (Lipinski definition) is 3. The Balaban J connectivity index is 1.84. The molecule has 0 saturated heterocycles. The minimum Gasteiger partial charge on any atom is -0.298 e. The fourth-order valence-corrected chi connectivity index (χ4v) is 5.19. The minimum atomic E-state index is -3.16. The molecule has 0 radical (unpaired) electrons. The van der Waals surface area contributed by atoms with Crippen LogP contribution in [0, 0.1) is 11.8 Å². The first-order valence-electron chi connectivity index (χ1n) is 7.30. The van der Waals surface area contributed by atoms with Crippen LogP contribution in [0.1, 0.15) is 57.8 Å². The molecule has 2 saturated carbocycles. The normalized spacial score (nSPS) is 23.3. The highest BCUT2D eigenvalue weighted by molar-refractivity contribution is 7.92. The Labute approximate surface area is 110 Å². The second-order valence-corrected chi connectivity index (χ2v) is 8.12. The summed E-state index contributed by atoms with van der Waals surface area (Å²) in [6.45, 7) is 0. The average Bonchev–Trinajstić information content (AvgIpc) is 2.81. The molecule has 2 aliphatic carbocycles. The largest absolute Gasteiger partial charge is 0.298 e. The number of ketones is 1. The van der Waals surface area contributed by atoms with Gasteiger partial charge in [0.15, 0.2) is 15.6 Å². The van der Waals surface area contributed by atoms with Crippen LogP contribution in [-0.2, 0) is 14.6 Å². The Morgan fingerprint density at radius 3 is 2.06 bits per heavy atom. The zero-order valence-electron chi connectivity index (χ0n) is 11.1. The molecule has 0 heterocycles. The van der Waals surface area contributed by atoms with E-state index in [4.69, 9.17) is 0 Å². The molecule has 0 unspecified atom stereocenters. The number of carbonyl (C=O) groups excluding carboxylic acids is 1. The van der Waals surface area contributed by atoms with Crippen LogP contribution in [0.25, 0.3) is 0 Å². The van der Waals surface area contributed by atoms with Gasteiger partial charge in [0.2, 0.25) is 0 Å². The number of Topliss-reactive ketones (excluding diaryl/α,β-unsaturated/α-hetero) is 1. The summed E-state index contributed by atoms with van der Waals surface area (Å²) in [7, 11) is -3.16. The molecular weight excluding hydrogens is 248 g/mol. The van der Waals surface area contributed by atoms with Gasteiger partial charge in [0, 0.05) is 5.92 Å². The summed E-state index contributed by atoms with van der Waals surface area (Å²) in [6.07, 6.45) is 9.51. The summed E-state index contributed by atoms with van der Waals surface area (Å²) in [5.74, 6) is 0.360. The monoisotopic (exact) mass is 272 g/mol. The molecule has 18 heavy (non-hydrogen) atoms. The van der Waals surface area contributed by atoms with Crippen LogP contribution in [-0.4, -0.2) is 25.7 Å². The van der Waals surface area contributed by atoms with Crippen molar-refractivity contribution in [3.05, 3.63) is 0 Å². The lowest BCUT2D eigenvalue weighted by molar-refractivity contribution is -0.121. The van der Waals surface area contributed by atoms with Crippen molar-refractivity contribution in [2.45, 2.75) is 57.8 Å². The number of sulfone groups is 1. The van der Waals surface area contributed by atoms with Crippen molar-refractivity contribution in [2.75, 3.05) is 11.5 Å². The number of carbonyl (C=O) groups is 1. The van der Waals surface area contributed by atoms with E-state index in [0.29, 0.717) is 5.92 Å². The van der Waals surface area contributed by atoms with E-state index in [1.807, 2.05) is 0 Å². The fraction of sp³-hybridized carbons (Fsp3) is 0.929. The third kappa shape index (κ3) is 4.08. The van der Waals surface area contributed by atoms with Crippen molar-refractivity contribution >= 4 is 15.6 Å². The maximum Gasteiger partial charge on any atom is 0.157 e. The molecule has 0 atom stereocenters. The molecule has 2 rings (SSSR count). The van der Waals surface area contributed by atoms with Gasteiger partial charge in [0.1, 0.15) is 5.75 Å². The Bertz CT molecular complexity index is 374. The summed E-state index contributed by atoms with van der Waals surface area (Å²) in [6, 6.07) is 0. The van der Waals surface area contributed by atoms with E-state index < -0.39 is 9.84 Å². The summed E-state index contributed by atoms with van der Waals surface area (Å²) in [5.41, 5.74) is 0. The molecule has 0 bridgehead atoms. The van der Waals surface area contributed by atoms with Crippen LogP contribution in [0.3, 0.4) is 0 Å². The average molecular weight is 272 g/mol. The zero-order valence-corrected chi connectivity index (χ0v) is 11.9. The Morgan fingerprint density at radius 1 is 0.889 bits per heavy atom. The lowest BCUT2D eigenvalue weighted by Gasteiger charge is -2.20. The topological polar surface area (TPSA) is 51.2 Å². The third-order valence-corrected chi connectivity index (χ3v) is 6.09. The van der Waals surface area contributed by atoms with Crippen molar-refractivity contribution < 1.29 is 13.2 Å². The molecule has 4 heteroatoms. The van der Waals surface area contributed by atoms with Gasteiger partial charge >= 0.3 is 0 Å². The van der Waals surface area contributed by atoms with E-state index in [2.05, 4.69) is 0 Å². The highest BCUT2D eigenvalue weighted by Crippen LogP contribution is 2.28. The quantitative estimate of drug-likeness (QED) is 0.773. The van der Waals surface area contributed by atoms with Crippen LogP contribution in [0.5, 0.6) is 0 Å². The molecule has 0 aliphatic heterocycles. The van der Waals surface area contributed by atoms with Crippen LogP contribution >= 0.6 is 0 Å². The predicted molar refractivity (Wildman–Crippen MR) is 72.2 cm³/mol. The van der Waals surface area contributed by atoms with E-state index in [-0.39, 0.29) is 23.2 Å². The highest BCUT2D eigenvalue weighted by atomic mass is 32.2. The van der Waals surface area contributed by atoms with Gasteiger partial charge in [-0.3, -0.25) is 4.79 Å². The zero-order chi connectivity index (χ0) is 13.0. The van der Waals surface area contributed by atoms with Crippen molar-refractivity contribution in [1.29, 1.82) is 0 Å². The fourth-order valence-electron chi connectivity index (χ4n) is 3.35. The maximum absolute atomic E-state index is 12.0. The Morgan fingerprint density at radius 2 is 1.44 bits per heavy atom. The minimum absolute atomic E-state index is 0.0207. The van der Waals surface area contributed by atoms with E-state index in [1.54, 1.807) is 0 Å². The van der Waals surface area contributed by atoms with Gasteiger partial charge < -0.3 is 0 Å². The first-order chi connectivity index (χ1) is 8.57. The predicted octanol–water partition coefficient (Wildman–Crippen LogP) is 2.74. The van der Waals surface area contributed by atoms with Crippen LogP contribution in [0.2, 0.25) is 0 Å². The third-order valence-electron chi connectivity index (χ3n) is 4.39. The molecule has 0 spiro atoms. The van der Waals surface area contributed by atoms with Gasteiger partial charge in [0.05, 0.1) is 5.75 Å². The van der Waals surface area contributed by atoms with E-state index >= 15 is 0 Å². The summed E-state index contributed by atoms with van der Waals surface area (Å²) >= 11 is 0. The lowest BCUT2D eigenvalue weighted by atomic mass is 9.87. The molecule has 2 fully saturated rings. The summed E-state index contributed by atoms with van der Waals surface area (Å²) in [4.78, 5) is 12.0. The molecule has 0 aromatic heterocycles. The maximum atomic E-state index is 12.0. The molecule has 3 nitrogen and oxygen atoms in total. The molecule has 2 aliphatic rings. The van der Waals surface area contributed by atoms with Crippen molar-refractivity contribution in [3.63, 3.8) is 0 Å². The van der Waals surface area contributed by atoms with E-state index in [1.165, 1.54) is 6.42 Å². The second kappa shape index (κ2) is 6.18. The Hall–Kier alpha value is -0.380. The van der Waals surface area contributed by atoms with Gasteiger partial charge in [-0.2, -0.15) is 0 Å². The number of hydrogen-bond donors (Lipinski definition) is 0. The molecule has 104 valence electrons. The van der Waals surface area contributed by atoms with Crippen LogP contribution in [0.4, 0.5) is 0 Å². The molecule has 0 aromatic carbocycles. The molecule has 0 aromatic rings. The standard InChI is InChI=1S/C14H24O3S/c15-14(13-8-2-1-3-9-13)11-18(16,17)10-12-6-4-5-7-12/h12-13H,1-11H2.